The zero-order chi connectivity index (χ0) is 20.1. The van der Waals surface area contributed by atoms with Crippen LogP contribution in [0.25, 0.3) is 0 Å². The van der Waals surface area contributed by atoms with Gasteiger partial charge in [-0.3, -0.25) is 4.79 Å². The van der Waals surface area contributed by atoms with Crippen LogP contribution in [0, 0.1) is 5.92 Å². The summed E-state index contributed by atoms with van der Waals surface area (Å²) in [7, 11) is 0. The van der Waals surface area contributed by atoms with Gasteiger partial charge in [0.25, 0.3) is 0 Å². The van der Waals surface area contributed by atoms with Crippen molar-refractivity contribution in [2.24, 2.45) is 11.7 Å². The van der Waals surface area contributed by atoms with Crippen LogP contribution in [0.5, 0.6) is 0 Å². The number of carbonyl (C=O) groups excluding carboxylic acids is 1. The van der Waals surface area contributed by atoms with Gasteiger partial charge < -0.3 is 16.0 Å². The van der Waals surface area contributed by atoms with E-state index in [0.29, 0.717) is 5.92 Å². The smallest absolute Gasteiger partial charge is 0.239 e. The normalized spacial score (nSPS) is 16.4. The Morgan fingerprint density at radius 1 is 1.36 bits per heavy atom. The summed E-state index contributed by atoms with van der Waals surface area (Å²) >= 11 is 1.68. The number of aryl methyl sites for hydroxylation is 1. The van der Waals surface area contributed by atoms with E-state index in [1.807, 2.05) is 37.1 Å². The number of rotatable bonds is 7. The molecule has 2 aromatic rings. The van der Waals surface area contributed by atoms with Crippen LogP contribution in [-0.2, 0) is 11.2 Å². The number of anilines is 2. The first-order chi connectivity index (χ1) is 13.5. The zero-order valence-corrected chi connectivity index (χ0v) is 17.8. The van der Waals surface area contributed by atoms with Gasteiger partial charge in [0.1, 0.15) is 5.82 Å². The van der Waals surface area contributed by atoms with E-state index in [2.05, 4.69) is 23.3 Å². The Hall–Kier alpha value is -1.99. The highest BCUT2D eigenvalue weighted by Crippen LogP contribution is 2.29. The molecule has 28 heavy (non-hydrogen) atoms. The Bertz CT molecular complexity index is 783. The van der Waals surface area contributed by atoms with E-state index < -0.39 is 6.04 Å². The molecule has 3 rings (SSSR count). The third-order valence-corrected chi connectivity index (χ3v) is 6.26. The first-order valence-corrected chi connectivity index (χ1v) is 11.0. The maximum absolute atomic E-state index is 12.5. The predicted molar refractivity (Wildman–Crippen MR) is 115 cm³/mol. The van der Waals surface area contributed by atoms with Gasteiger partial charge in [0, 0.05) is 35.8 Å². The quantitative estimate of drug-likeness (QED) is 0.734. The zero-order valence-electron chi connectivity index (χ0n) is 17.0. The number of nitrogens with zero attached hydrogens (tertiary/aromatic N) is 3. The number of nitrogens with two attached hydrogens (primary N) is 1. The van der Waals surface area contributed by atoms with Crippen molar-refractivity contribution in [2.75, 3.05) is 18.4 Å². The molecule has 2 aromatic heterocycles. The molecule has 1 saturated heterocycles. The molecule has 1 aliphatic rings. The highest BCUT2D eigenvalue weighted by Gasteiger charge is 2.28. The first kappa shape index (κ1) is 20.7. The van der Waals surface area contributed by atoms with Crippen molar-refractivity contribution in [1.82, 2.24) is 14.9 Å². The van der Waals surface area contributed by atoms with E-state index in [9.17, 15) is 4.79 Å². The maximum atomic E-state index is 12.5. The summed E-state index contributed by atoms with van der Waals surface area (Å²) in [6.45, 7) is 7.65. The fourth-order valence-electron chi connectivity index (χ4n) is 3.48. The fraction of sp³-hybridized carbons (Fsp3) is 0.571. The topological polar surface area (TPSA) is 84.1 Å². The van der Waals surface area contributed by atoms with Crippen LogP contribution in [0.4, 0.5) is 10.9 Å². The van der Waals surface area contributed by atoms with Crippen LogP contribution in [0.15, 0.2) is 24.4 Å². The molecule has 0 spiro atoms. The van der Waals surface area contributed by atoms with Gasteiger partial charge in [-0.15, -0.1) is 11.3 Å². The van der Waals surface area contributed by atoms with Crippen molar-refractivity contribution >= 4 is 28.2 Å². The van der Waals surface area contributed by atoms with Crippen LogP contribution in [0.1, 0.15) is 56.5 Å². The molecule has 3 heterocycles. The van der Waals surface area contributed by atoms with Crippen LogP contribution >= 0.6 is 11.3 Å². The van der Waals surface area contributed by atoms with Gasteiger partial charge in [-0.25, -0.2) is 9.97 Å². The molecule has 152 valence electrons. The summed E-state index contributed by atoms with van der Waals surface area (Å²) in [6.07, 6.45) is 5.97. The molecule has 6 nitrogen and oxygen atoms in total. The molecule has 0 aromatic carbocycles. The van der Waals surface area contributed by atoms with E-state index in [-0.39, 0.29) is 11.8 Å². The number of hydrogen-bond acceptors (Lipinski definition) is 6. The molecular weight excluding hydrogens is 370 g/mol. The number of hydrogen-bond donors (Lipinski definition) is 2. The maximum Gasteiger partial charge on any atom is 0.239 e. The Kier molecular flexibility index (Phi) is 7.02. The molecular formula is C21H31N5OS. The minimum Gasteiger partial charge on any atom is -0.341 e. The first-order valence-electron chi connectivity index (χ1n) is 10.2. The lowest BCUT2D eigenvalue weighted by Crippen LogP contribution is -2.49. The van der Waals surface area contributed by atoms with Gasteiger partial charge >= 0.3 is 0 Å². The van der Waals surface area contributed by atoms with Gasteiger partial charge in [-0.2, -0.15) is 0 Å². The monoisotopic (exact) mass is 401 g/mol. The molecule has 0 radical (unpaired) electrons. The molecule has 0 aliphatic carbocycles. The number of amides is 1. The van der Waals surface area contributed by atoms with Crippen molar-refractivity contribution < 1.29 is 4.79 Å². The SMILES string of the molecule is CCCc1cnc(Nc2cccc(C3CCN(C(=O)C(N)C(C)C)CC3)n2)s1. The average molecular weight is 402 g/mol. The Labute approximate surface area is 171 Å². The summed E-state index contributed by atoms with van der Waals surface area (Å²) in [5, 5.41) is 4.22. The number of aromatic nitrogens is 2. The van der Waals surface area contributed by atoms with Crippen molar-refractivity contribution in [3.63, 3.8) is 0 Å². The highest BCUT2D eigenvalue weighted by atomic mass is 32.1. The van der Waals surface area contributed by atoms with Crippen LogP contribution in [-0.4, -0.2) is 39.9 Å². The van der Waals surface area contributed by atoms with E-state index in [0.717, 1.165) is 55.4 Å². The van der Waals surface area contributed by atoms with Crippen LogP contribution in [0.2, 0.25) is 0 Å². The van der Waals surface area contributed by atoms with Crippen LogP contribution < -0.4 is 11.1 Å². The predicted octanol–water partition coefficient (Wildman–Crippen LogP) is 3.92. The number of nitrogens with one attached hydrogen (secondary N) is 1. The average Bonchev–Trinajstić information content (AvgIpc) is 3.14. The third-order valence-electron chi connectivity index (χ3n) is 5.28. The van der Waals surface area contributed by atoms with Gasteiger partial charge in [-0.1, -0.05) is 33.3 Å². The van der Waals surface area contributed by atoms with Gasteiger partial charge in [-0.05, 0) is 37.3 Å². The number of pyridine rings is 1. The molecule has 1 aliphatic heterocycles. The fourth-order valence-corrected chi connectivity index (χ4v) is 4.40. The van der Waals surface area contributed by atoms with E-state index in [1.54, 1.807) is 11.3 Å². The largest absolute Gasteiger partial charge is 0.341 e. The summed E-state index contributed by atoms with van der Waals surface area (Å²) in [6, 6.07) is 5.69. The van der Waals surface area contributed by atoms with Gasteiger partial charge in [0.15, 0.2) is 5.13 Å². The lowest BCUT2D eigenvalue weighted by atomic mass is 9.92. The number of likely N-dealkylation sites (tertiary alicyclic amines) is 1. The third kappa shape index (κ3) is 5.08. The minimum absolute atomic E-state index is 0.0727. The Balaban J connectivity index is 1.59. The lowest BCUT2D eigenvalue weighted by molar-refractivity contribution is -0.134. The summed E-state index contributed by atoms with van der Waals surface area (Å²) in [4.78, 5) is 24.9. The van der Waals surface area contributed by atoms with E-state index in [4.69, 9.17) is 10.7 Å². The molecule has 1 atom stereocenters. The standard InChI is InChI=1S/C21H31N5OS/c1-4-6-16-13-23-21(28-16)25-18-8-5-7-17(24-18)15-9-11-26(12-10-15)20(27)19(22)14(2)3/h5,7-8,13-15,19H,4,6,9-12,22H2,1-3H3,(H,23,24,25). The van der Waals surface area contributed by atoms with Crippen molar-refractivity contribution in [3.8, 4) is 0 Å². The van der Waals surface area contributed by atoms with Gasteiger partial charge in [0.2, 0.25) is 5.91 Å². The van der Waals surface area contributed by atoms with Crippen LogP contribution in [0.3, 0.4) is 0 Å². The molecule has 1 unspecified atom stereocenters. The van der Waals surface area contributed by atoms with Crippen molar-refractivity contribution in [1.29, 1.82) is 0 Å². The Morgan fingerprint density at radius 3 is 2.79 bits per heavy atom. The molecule has 0 saturated carbocycles. The molecule has 1 fully saturated rings. The second kappa shape index (κ2) is 9.47. The number of thiazole rings is 1. The van der Waals surface area contributed by atoms with E-state index in [1.165, 1.54) is 4.88 Å². The molecule has 7 heteroatoms. The van der Waals surface area contributed by atoms with Crippen molar-refractivity contribution in [3.05, 3.63) is 35.0 Å². The molecule has 3 N–H and O–H groups in total. The molecule has 1 amide bonds. The second-order valence-corrected chi connectivity index (χ2v) is 8.94. The lowest BCUT2D eigenvalue weighted by Gasteiger charge is -2.34. The summed E-state index contributed by atoms with van der Waals surface area (Å²) < 4.78 is 0. The van der Waals surface area contributed by atoms with Gasteiger partial charge in [0.05, 0.1) is 6.04 Å². The molecule has 0 bridgehead atoms. The summed E-state index contributed by atoms with van der Waals surface area (Å²) in [5.41, 5.74) is 7.11. The van der Waals surface area contributed by atoms with Crippen molar-refractivity contribution in [2.45, 2.75) is 58.4 Å². The highest BCUT2D eigenvalue weighted by molar-refractivity contribution is 7.15. The van der Waals surface area contributed by atoms with E-state index >= 15 is 0 Å². The second-order valence-electron chi connectivity index (χ2n) is 7.82. The Morgan fingerprint density at radius 2 is 2.11 bits per heavy atom. The number of piperidine rings is 1. The summed E-state index contributed by atoms with van der Waals surface area (Å²) in [5.74, 6) is 1.44. The number of carbonyl (C=O) groups is 1. The minimum atomic E-state index is -0.405.